The highest BCUT2D eigenvalue weighted by Crippen LogP contribution is 2.24. The van der Waals surface area contributed by atoms with E-state index in [0.717, 1.165) is 31.4 Å². The maximum Gasteiger partial charge on any atom is 0.249 e. The Bertz CT molecular complexity index is 554. The lowest BCUT2D eigenvalue weighted by atomic mass is 10.1. The minimum atomic E-state index is -0.425. The van der Waals surface area contributed by atoms with E-state index in [-0.39, 0.29) is 24.2 Å². The van der Waals surface area contributed by atoms with Gasteiger partial charge in [-0.2, -0.15) is 0 Å². The predicted octanol–water partition coefficient (Wildman–Crippen LogP) is 2.89. The van der Waals surface area contributed by atoms with E-state index in [4.69, 9.17) is 17.3 Å². The number of anilines is 1. The molecule has 1 unspecified atom stereocenters. The van der Waals surface area contributed by atoms with Crippen LogP contribution in [-0.4, -0.2) is 30.9 Å². The Morgan fingerprint density at radius 1 is 1.29 bits per heavy atom. The fourth-order valence-corrected chi connectivity index (χ4v) is 2.95. The number of nitrogens with zero attached hydrogens (tertiary/aromatic N) is 1. The van der Waals surface area contributed by atoms with Crippen molar-refractivity contribution in [2.24, 2.45) is 5.73 Å². The normalized spacial score (nSPS) is 16.8. The number of amides is 2. The summed E-state index contributed by atoms with van der Waals surface area (Å²) in [6.07, 6.45) is 4.98. The summed E-state index contributed by atoms with van der Waals surface area (Å²) in [5, 5.41) is 3.44. The van der Waals surface area contributed by atoms with Gasteiger partial charge in [0.25, 0.3) is 0 Å². The molecule has 0 radical (unpaired) electrons. The molecule has 3 N–H and O–H groups in total. The van der Waals surface area contributed by atoms with Gasteiger partial charge in [-0.15, -0.1) is 12.4 Å². The maximum absolute atomic E-state index is 12.4. The zero-order valence-corrected chi connectivity index (χ0v) is 15.2. The SMILES string of the molecule is Cl.NCCCCCCC(=O)NC1CCN(c2cccc(Cl)c2)C1=O. The minimum Gasteiger partial charge on any atom is -0.344 e. The molecule has 0 spiro atoms. The van der Waals surface area contributed by atoms with Crippen molar-refractivity contribution in [1.29, 1.82) is 0 Å². The number of hydrogen-bond donors (Lipinski definition) is 2. The van der Waals surface area contributed by atoms with E-state index in [0.29, 0.717) is 31.0 Å². The molecule has 0 aliphatic carbocycles. The lowest BCUT2D eigenvalue weighted by molar-refractivity contribution is -0.126. The third-order valence-electron chi connectivity index (χ3n) is 4.02. The lowest BCUT2D eigenvalue weighted by Crippen LogP contribution is -2.41. The zero-order chi connectivity index (χ0) is 16.7. The first-order valence-electron chi connectivity index (χ1n) is 8.18. The molecule has 0 aromatic heterocycles. The van der Waals surface area contributed by atoms with Crippen molar-refractivity contribution >= 4 is 41.5 Å². The minimum absolute atomic E-state index is 0. The zero-order valence-electron chi connectivity index (χ0n) is 13.7. The number of carbonyl (C=O) groups excluding carboxylic acids is 2. The lowest BCUT2D eigenvalue weighted by Gasteiger charge is -2.17. The number of benzene rings is 1. The van der Waals surface area contributed by atoms with Gasteiger partial charge in [-0.05, 0) is 44.0 Å². The van der Waals surface area contributed by atoms with Crippen molar-refractivity contribution in [3.8, 4) is 0 Å². The highest BCUT2D eigenvalue weighted by Gasteiger charge is 2.33. The smallest absolute Gasteiger partial charge is 0.249 e. The Balaban J connectivity index is 0.00000288. The van der Waals surface area contributed by atoms with E-state index in [1.54, 1.807) is 17.0 Å². The van der Waals surface area contributed by atoms with Crippen LogP contribution in [0.4, 0.5) is 5.69 Å². The molecule has 2 amide bonds. The van der Waals surface area contributed by atoms with Gasteiger partial charge in [0.2, 0.25) is 11.8 Å². The molecule has 0 bridgehead atoms. The molecule has 0 saturated carbocycles. The Morgan fingerprint density at radius 3 is 2.75 bits per heavy atom. The summed E-state index contributed by atoms with van der Waals surface area (Å²) in [5.41, 5.74) is 6.21. The van der Waals surface area contributed by atoms with Crippen LogP contribution < -0.4 is 16.0 Å². The molecule has 2 rings (SSSR count). The van der Waals surface area contributed by atoms with Gasteiger partial charge in [-0.3, -0.25) is 9.59 Å². The van der Waals surface area contributed by atoms with Crippen LogP contribution in [0.1, 0.15) is 38.5 Å². The van der Waals surface area contributed by atoms with Crippen LogP contribution >= 0.6 is 24.0 Å². The van der Waals surface area contributed by atoms with Gasteiger partial charge in [0.05, 0.1) is 0 Å². The van der Waals surface area contributed by atoms with Crippen LogP contribution in [0.15, 0.2) is 24.3 Å². The van der Waals surface area contributed by atoms with Crippen LogP contribution in [0.25, 0.3) is 0 Å². The molecular weight excluding hydrogens is 349 g/mol. The van der Waals surface area contributed by atoms with Gasteiger partial charge in [-0.25, -0.2) is 0 Å². The molecule has 1 aliphatic rings. The summed E-state index contributed by atoms with van der Waals surface area (Å²) in [7, 11) is 0. The predicted molar refractivity (Wildman–Crippen MR) is 99.7 cm³/mol. The van der Waals surface area contributed by atoms with Gasteiger partial charge in [-0.1, -0.05) is 30.5 Å². The molecular formula is C17H25Cl2N3O2. The highest BCUT2D eigenvalue weighted by atomic mass is 35.5. The molecule has 1 saturated heterocycles. The highest BCUT2D eigenvalue weighted by molar-refractivity contribution is 6.31. The van der Waals surface area contributed by atoms with Crippen molar-refractivity contribution in [3.05, 3.63) is 29.3 Å². The second-order valence-electron chi connectivity index (χ2n) is 5.83. The topological polar surface area (TPSA) is 75.4 Å². The molecule has 1 aromatic carbocycles. The fourth-order valence-electron chi connectivity index (χ4n) is 2.76. The number of nitrogens with two attached hydrogens (primary N) is 1. The number of unbranched alkanes of at least 4 members (excludes halogenated alkanes) is 3. The molecule has 1 fully saturated rings. The van der Waals surface area contributed by atoms with Crippen LogP contribution in [0.2, 0.25) is 5.02 Å². The summed E-state index contributed by atoms with van der Waals surface area (Å²) in [5.74, 6) is -0.118. The van der Waals surface area contributed by atoms with Crippen molar-refractivity contribution in [3.63, 3.8) is 0 Å². The second-order valence-corrected chi connectivity index (χ2v) is 6.27. The molecule has 1 atom stereocenters. The molecule has 7 heteroatoms. The first kappa shape index (κ1) is 20.7. The van der Waals surface area contributed by atoms with Crippen LogP contribution in [0, 0.1) is 0 Å². The third kappa shape index (κ3) is 5.96. The van der Waals surface area contributed by atoms with Gasteiger partial charge in [0.15, 0.2) is 0 Å². The second kappa shape index (κ2) is 10.5. The third-order valence-corrected chi connectivity index (χ3v) is 4.25. The van der Waals surface area contributed by atoms with Gasteiger partial charge >= 0.3 is 0 Å². The number of carbonyl (C=O) groups is 2. The Morgan fingerprint density at radius 2 is 2.04 bits per heavy atom. The monoisotopic (exact) mass is 373 g/mol. The van der Waals surface area contributed by atoms with E-state index in [9.17, 15) is 9.59 Å². The summed E-state index contributed by atoms with van der Waals surface area (Å²) < 4.78 is 0. The molecule has 1 aliphatic heterocycles. The van der Waals surface area contributed by atoms with Crippen LogP contribution in [-0.2, 0) is 9.59 Å². The number of rotatable bonds is 8. The average molecular weight is 374 g/mol. The summed E-state index contributed by atoms with van der Waals surface area (Å²) in [4.78, 5) is 26.0. The summed E-state index contributed by atoms with van der Waals surface area (Å²) in [6, 6.07) is 6.78. The summed E-state index contributed by atoms with van der Waals surface area (Å²) >= 11 is 5.97. The Hall–Kier alpha value is -1.30. The van der Waals surface area contributed by atoms with Crippen molar-refractivity contribution in [2.45, 2.75) is 44.6 Å². The molecule has 134 valence electrons. The average Bonchev–Trinajstić information content (AvgIpc) is 2.88. The Labute approximate surface area is 154 Å². The molecule has 1 heterocycles. The largest absolute Gasteiger partial charge is 0.344 e. The summed E-state index contributed by atoms with van der Waals surface area (Å²) in [6.45, 7) is 1.29. The van der Waals surface area contributed by atoms with Crippen molar-refractivity contribution in [2.75, 3.05) is 18.0 Å². The molecule has 24 heavy (non-hydrogen) atoms. The van der Waals surface area contributed by atoms with E-state index < -0.39 is 6.04 Å². The van der Waals surface area contributed by atoms with E-state index in [1.165, 1.54) is 0 Å². The van der Waals surface area contributed by atoms with E-state index in [2.05, 4.69) is 5.32 Å². The van der Waals surface area contributed by atoms with Crippen LogP contribution in [0.5, 0.6) is 0 Å². The number of halogens is 2. The number of nitrogens with one attached hydrogen (secondary N) is 1. The molecule has 1 aromatic rings. The van der Waals surface area contributed by atoms with Crippen LogP contribution in [0.3, 0.4) is 0 Å². The van der Waals surface area contributed by atoms with Crippen molar-refractivity contribution in [1.82, 2.24) is 5.32 Å². The van der Waals surface area contributed by atoms with Gasteiger partial charge < -0.3 is 16.0 Å². The standard InChI is InChI=1S/C17H24ClN3O2.ClH/c18-13-6-5-7-14(12-13)21-11-9-15(17(21)23)20-16(22)8-3-1-2-4-10-19;/h5-7,12,15H,1-4,8-11,19H2,(H,20,22);1H. The van der Waals surface area contributed by atoms with Gasteiger partial charge in [0.1, 0.15) is 6.04 Å². The van der Waals surface area contributed by atoms with E-state index in [1.807, 2.05) is 12.1 Å². The fraction of sp³-hybridized carbons (Fsp3) is 0.529. The van der Waals surface area contributed by atoms with Gasteiger partial charge in [0, 0.05) is 23.7 Å². The van der Waals surface area contributed by atoms with Crippen molar-refractivity contribution < 1.29 is 9.59 Å². The maximum atomic E-state index is 12.4. The quantitative estimate of drug-likeness (QED) is 0.687. The van der Waals surface area contributed by atoms with E-state index >= 15 is 0 Å². The number of hydrogen-bond acceptors (Lipinski definition) is 3. The first-order valence-corrected chi connectivity index (χ1v) is 8.56. The Kier molecular flexibility index (Phi) is 9.11. The first-order chi connectivity index (χ1) is 11.1. The molecule has 5 nitrogen and oxygen atoms in total.